The highest BCUT2D eigenvalue weighted by molar-refractivity contribution is 9.10. The summed E-state index contributed by atoms with van der Waals surface area (Å²) in [5.41, 5.74) is 2.81. The molecular weight excluding hydrogens is 226 g/mol. The average molecular weight is 240 g/mol. The molecule has 0 aliphatic carbocycles. The largest absolute Gasteiger partial charge is 0.316 e. The predicted octanol–water partition coefficient (Wildman–Crippen LogP) is 2.83. The Hall–Kier alpha value is -0.340. The summed E-state index contributed by atoms with van der Waals surface area (Å²) in [7, 11) is 0. The molecule has 1 unspecified atom stereocenters. The second-order valence-corrected chi connectivity index (χ2v) is 4.55. The molecule has 0 radical (unpaired) electrons. The first-order valence-electron chi connectivity index (χ1n) is 4.74. The van der Waals surface area contributed by atoms with Gasteiger partial charge in [-0.1, -0.05) is 28.1 Å². The zero-order valence-corrected chi connectivity index (χ0v) is 9.39. The van der Waals surface area contributed by atoms with E-state index in [1.54, 1.807) is 0 Å². The Bertz CT molecular complexity index is 303. The van der Waals surface area contributed by atoms with Crippen LogP contribution in [0, 0.1) is 6.92 Å². The Kier molecular flexibility index (Phi) is 2.70. The van der Waals surface area contributed by atoms with Crippen LogP contribution >= 0.6 is 15.9 Å². The van der Waals surface area contributed by atoms with Crippen LogP contribution in [0.2, 0.25) is 0 Å². The topological polar surface area (TPSA) is 12.0 Å². The molecule has 1 saturated heterocycles. The Balaban J connectivity index is 2.25. The Morgan fingerprint density at radius 3 is 2.92 bits per heavy atom. The number of hydrogen-bond acceptors (Lipinski definition) is 1. The van der Waals surface area contributed by atoms with Crippen molar-refractivity contribution in [3.63, 3.8) is 0 Å². The molecule has 1 aromatic carbocycles. The van der Waals surface area contributed by atoms with E-state index in [4.69, 9.17) is 0 Å². The number of rotatable bonds is 1. The van der Waals surface area contributed by atoms with Gasteiger partial charge < -0.3 is 5.32 Å². The molecule has 2 heteroatoms. The van der Waals surface area contributed by atoms with Crippen LogP contribution in [0.25, 0.3) is 0 Å². The molecule has 0 bridgehead atoms. The highest BCUT2D eigenvalue weighted by Gasteiger charge is 2.16. The van der Waals surface area contributed by atoms with Gasteiger partial charge >= 0.3 is 0 Å². The molecule has 1 atom stereocenters. The van der Waals surface area contributed by atoms with Crippen molar-refractivity contribution >= 4 is 15.9 Å². The van der Waals surface area contributed by atoms with E-state index in [2.05, 4.69) is 46.4 Å². The molecule has 1 heterocycles. The van der Waals surface area contributed by atoms with E-state index in [0.29, 0.717) is 0 Å². The lowest BCUT2D eigenvalue weighted by molar-refractivity contribution is 0.762. The zero-order chi connectivity index (χ0) is 9.26. The maximum atomic E-state index is 3.52. The summed E-state index contributed by atoms with van der Waals surface area (Å²) in [4.78, 5) is 0. The van der Waals surface area contributed by atoms with E-state index >= 15 is 0 Å². The fourth-order valence-corrected chi connectivity index (χ4v) is 2.11. The molecule has 70 valence electrons. The van der Waals surface area contributed by atoms with Crippen molar-refractivity contribution < 1.29 is 0 Å². The maximum absolute atomic E-state index is 3.52. The Morgan fingerprint density at radius 1 is 1.46 bits per heavy atom. The van der Waals surface area contributed by atoms with Gasteiger partial charge in [-0.25, -0.2) is 0 Å². The van der Waals surface area contributed by atoms with Gasteiger partial charge in [-0.05, 0) is 43.0 Å². The van der Waals surface area contributed by atoms with Crippen molar-refractivity contribution in [2.75, 3.05) is 13.1 Å². The van der Waals surface area contributed by atoms with Gasteiger partial charge in [-0.15, -0.1) is 0 Å². The molecular formula is C11H14BrN. The molecule has 13 heavy (non-hydrogen) atoms. The third-order valence-electron chi connectivity index (χ3n) is 2.71. The predicted molar refractivity (Wildman–Crippen MR) is 59.1 cm³/mol. The molecule has 2 rings (SSSR count). The summed E-state index contributed by atoms with van der Waals surface area (Å²) in [5, 5.41) is 3.39. The first-order chi connectivity index (χ1) is 6.27. The van der Waals surface area contributed by atoms with Crippen molar-refractivity contribution in [1.82, 2.24) is 5.32 Å². The van der Waals surface area contributed by atoms with E-state index in [1.165, 1.54) is 28.6 Å². The van der Waals surface area contributed by atoms with Gasteiger partial charge in [0.15, 0.2) is 0 Å². The molecule has 0 spiro atoms. The monoisotopic (exact) mass is 239 g/mol. The summed E-state index contributed by atoms with van der Waals surface area (Å²) < 4.78 is 1.21. The van der Waals surface area contributed by atoms with Crippen LogP contribution in [0.4, 0.5) is 0 Å². The van der Waals surface area contributed by atoms with Crippen LogP contribution in [-0.2, 0) is 0 Å². The van der Waals surface area contributed by atoms with Gasteiger partial charge in [0.2, 0.25) is 0 Å². The minimum atomic E-state index is 0.729. The highest BCUT2D eigenvalue weighted by atomic mass is 79.9. The van der Waals surface area contributed by atoms with E-state index in [0.717, 1.165) is 12.5 Å². The fourth-order valence-electron chi connectivity index (χ4n) is 1.86. The summed E-state index contributed by atoms with van der Waals surface area (Å²) in [5.74, 6) is 0.729. The zero-order valence-electron chi connectivity index (χ0n) is 7.81. The van der Waals surface area contributed by atoms with Crippen LogP contribution < -0.4 is 5.32 Å². The van der Waals surface area contributed by atoms with Crippen molar-refractivity contribution in [3.05, 3.63) is 33.8 Å². The summed E-state index contributed by atoms with van der Waals surface area (Å²) in [6, 6.07) is 6.68. The molecule has 1 N–H and O–H groups in total. The van der Waals surface area contributed by atoms with Gasteiger partial charge in [-0.3, -0.25) is 0 Å². The highest BCUT2D eigenvalue weighted by Crippen LogP contribution is 2.26. The molecule has 1 aliphatic heterocycles. The van der Waals surface area contributed by atoms with Crippen LogP contribution in [0.5, 0.6) is 0 Å². The number of nitrogens with one attached hydrogen (secondary N) is 1. The van der Waals surface area contributed by atoms with Crippen molar-refractivity contribution in [2.24, 2.45) is 0 Å². The minimum Gasteiger partial charge on any atom is -0.316 e. The molecule has 0 saturated carbocycles. The number of aryl methyl sites for hydroxylation is 1. The number of hydrogen-bond donors (Lipinski definition) is 1. The number of halogens is 1. The molecule has 1 aliphatic rings. The Morgan fingerprint density at radius 2 is 2.31 bits per heavy atom. The summed E-state index contributed by atoms with van der Waals surface area (Å²) in [6.45, 7) is 4.46. The average Bonchev–Trinajstić information content (AvgIpc) is 2.62. The van der Waals surface area contributed by atoms with Gasteiger partial charge in [-0.2, -0.15) is 0 Å². The molecule has 0 amide bonds. The second kappa shape index (κ2) is 3.81. The van der Waals surface area contributed by atoms with Crippen molar-refractivity contribution in [1.29, 1.82) is 0 Å². The second-order valence-electron chi connectivity index (χ2n) is 3.70. The fraction of sp³-hybridized carbons (Fsp3) is 0.455. The van der Waals surface area contributed by atoms with E-state index in [-0.39, 0.29) is 0 Å². The maximum Gasteiger partial charge on any atom is 0.0204 e. The summed E-state index contributed by atoms with van der Waals surface area (Å²) >= 11 is 3.52. The van der Waals surface area contributed by atoms with Crippen LogP contribution in [0.3, 0.4) is 0 Å². The third-order valence-corrected chi connectivity index (χ3v) is 3.60. The van der Waals surface area contributed by atoms with Crippen molar-refractivity contribution in [2.45, 2.75) is 19.3 Å². The first-order valence-corrected chi connectivity index (χ1v) is 5.53. The van der Waals surface area contributed by atoms with Crippen LogP contribution in [0.15, 0.2) is 22.7 Å². The van der Waals surface area contributed by atoms with E-state index < -0.39 is 0 Å². The lowest BCUT2D eigenvalue weighted by Crippen LogP contribution is -2.07. The number of benzene rings is 1. The van der Waals surface area contributed by atoms with Crippen molar-refractivity contribution in [3.8, 4) is 0 Å². The smallest absolute Gasteiger partial charge is 0.0204 e. The van der Waals surface area contributed by atoms with E-state index in [1.807, 2.05) is 0 Å². The van der Waals surface area contributed by atoms with Gasteiger partial charge in [0.05, 0.1) is 0 Å². The third kappa shape index (κ3) is 1.94. The normalized spacial score (nSPS) is 22.2. The van der Waals surface area contributed by atoms with Crippen LogP contribution in [-0.4, -0.2) is 13.1 Å². The molecule has 1 fully saturated rings. The lowest BCUT2D eigenvalue weighted by atomic mass is 9.97. The summed E-state index contributed by atoms with van der Waals surface area (Å²) in [6.07, 6.45) is 1.28. The SMILES string of the molecule is Cc1cc(C2CCNC2)ccc1Br. The standard InChI is InChI=1S/C11H14BrN/c1-8-6-9(2-3-11(8)12)10-4-5-13-7-10/h2-3,6,10,13H,4-5,7H2,1H3. The van der Waals surface area contributed by atoms with Gasteiger partial charge in [0.1, 0.15) is 0 Å². The molecule has 1 nitrogen and oxygen atoms in total. The Labute approximate surface area is 87.7 Å². The van der Waals surface area contributed by atoms with Gasteiger partial charge in [0, 0.05) is 11.0 Å². The van der Waals surface area contributed by atoms with Gasteiger partial charge in [0.25, 0.3) is 0 Å². The molecule has 0 aromatic heterocycles. The van der Waals surface area contributed by atoms with Crippen LogP contribution in [0.1, 0.15) is 23.5 Å². The minimum absolute atomic E-state index is 0.729. The van der Waals surface area contributed by atoms with E-state index in [9.17, 15) is 0 Å². The first kappa shape index (κ1) is 9.22. The molecule has 1 aromatic rings. The quantitative estimate of drug-likeness (QED) is 0.795. The lowest BCUT2D eigenvalue weighted by Gasteiger charge is -2.10.